The zero-order valence-corrected chi connectivity index (χ0v) is 15.5. The van der Waals surface area contributed by atoms with Crippen LogP contribution >= 0.6 is 0 Å². The lowest BCUT2D eigenvalue weighted by Crippen LogP contribution is -2.61. The van der Waals surface area contributed by atoms with Gasteiger partial charge in [-0.3, -0.25) is 0 Å². The SMILES string of the molecule is FC(F)(F)C(F)(F)NC(F)(F)C(F)(F)F.Fc1ccc(-c2c(F)c(F)c(F)c(F)c2F)c(F)c1F. The molecule has 1 N–H and O–H groups in total. The highest BCUT2D eigenvalue weighted by molar-refractivity contribution is 5.66. The molecule has 0 aliphatic heterocycles. The normalized spacial score (nSPS) is 13.0. The van der Waals surface area contributed by atoms with Gasteiger partial charge in [-0.2, -0.15) is 49.2 Å². The maximum Gasteiger partial charge on any atom is 0.469 e. The van der Waals surface area contributed by atoms with Crippen LogP contribution in [0.3, 0.4) is 0 Å². The fraction of sp³-hybridized carbons (Fsp3) is 0.250. The Morgan fingerprint density at radius 3 is 1.11 bits per heavy atom. The molecule has 0 heterocycles. The average Bonchev–Trinajstić information content (AvgIpc) is 2.69. The lowest BCUT2D eigenvalue weighted by Gasteiger charge is -2.27. The van der Waals surface area contributed by atoms with Crippen molar-refractivity contribution in [1.82, 2.24) is 5.32 Å². The molecule has 0 aliphatic rings. The third-order valence-corrected chi connectivity index (χ3v) is 3.54. The Bertz CT molecular complexity index is 1030. The first-order valence-corrected chi connectivity index (χ1v) is 7.81. The Balaban J connectivity index is 0.000000367. The van der Waals surface area contributed by atoms with Gasteiger partial charge in [-0.1, -0.05) is 0 Å². The maximum absolute atomic E-state index is 13.4. The zero-order chi connectivity index (χ0) is 27.9. The highest BCUT2D eigenvalue weighted by Crippen LogP contribution is 2.40. The van der Waals surface area contributed by atoms with Crippen LogP contribution < -0.4 is 5.32 Å². The molecule has 0 radical (unpaired) electrons. The molecule has 2 rings (SSSR count). The van der Waals surface area contributed by atoms with Crippen molar-refractivity contribution in [2.45, 2.75) is 24.4 Å². The average molecular weight is 551 g/mol. The van der Waals surface area contributed by atoms with Gasteiger partial charge in [-0.05, 0) is 12.1 Å². The molecule has 2 aromatic carbocycles. The van der Waals surface area contributed by atoms with E-state index in [-0.39, 0.29) is 0 Å². The molecule has 198 valence electrons. The summed E-state index contributed by atoms with van der Waals surface area (Å²) in [5.74, 6) is -17.6. The molecular formula is C16H3F18N. The summed E-state index contributed by atoms with van der Waals surface area (Å²) in [5, 5.41) is -1.10. The van der Waals surface area contributed by atoms with Crippen molar-refractivity contribution in [2.75, 3.05) is 0 Å². The Morgan fingerprint density at radius 1 is 0.429 bits per heavy atom. The number of halogens is 18. The van der Waals surface area contributed by atoms with Gasteiger partial charge in [0.25, 0.3) is 0 Å². The first-order valence-electron chi connectivity index (χ1n) is 7.81. The van der Waals surface area contributed by atoms with Gasteiger partial charge in [0.1, 0.15) is 0 Å². The molecule has 35 heavy (non-hydrogen) atoms. The molecule has 1 nitrogen and oxygen atoms in total. The molecule has 0 spiro atoms. The Morgan fingerprint density at radius 2 is 0.771 bits per heavy atom. The van der Waals surface area contributed by atoms with Gasteiger partial charge in [0.2, 0.25) is 5.82 Å². The van der Waals surface area contributed by atoms with Crippen LogP contribution in [0.1, 0.15) is 0 Å². The van der Waals surface area contributed by atoms with E-state index >= 15 is 0 Å². The summed E-state index contributed by atoms with van der Waals surface area (Å²) in [7, 11) is 0. The van der Waals surface area contributed by atoms with E-state index in [0.717, 1.165) is 0 Å². The van der Waals surface area contributed by atoms with Gasteiger partial charge < -0.3 is 0 Å². The molecular weight excluding hydrogens is 548 g/mol. The van der Waals surface area contributed by atoms with Crippen molar-refractivity contribution in [3.63, 3.8) is 0 Å². The van der Waals surface area contributed by atoms with E-state index in [4.69, 9.17) is 0 Å². The molecule has 0 bridgehead atoms. The van der Waals surface area contributed by atoms with Crippen LogP contribution in [0.15, 0.2) is 12.1 Å². The summed E-state index contributed by atoms with van der Waals surface area (Å²) in [6.07, 6.45) is -13.1. The van der Waals surface area contributed by atoms with E-state index in [2.05, 4.69) is 0 Å². The number of hydrogen-bond donors (Lipinski definition) is 1. The van der Waals surface area contributed by atoms with Crippen LogP contribution in [0, 0.1) is 46.5 Å². The van der Waals surface area contributed by atoms with Crippen LogP contribution in [0.4, 0.5) is 79.0 Å². The number of hydrogen-bond acceptors (Lipinski definition) is 1. The zero-order valence-electron chi connectivity index (χ0n) is 15.5. The van der Waals surface area contributed by atoms with Crippen molar-refractivity contribution >= 4 is 0 Å². The maximum atomic E-state index is 13.4. The van der Waals surface area contributed by atoms with E-state index in [1.165, 1.54) is 0 Å². The van der Waals surface area contributed by atoms with Crippen molar-refractivity contribution in [3.8, 4) is 11.1 Å². The topological polar surface area (TPSA) is 12.0 Å². The van der Waals surface area contributed by atoms with Gasteiger partial charge >= 0.3 is 24.4 Å². The number of benzene rings is 2. The molecule has 0 aliphatic carbocycles. The largest absolute Gasteiger partial charge is 0.469 e. The fourth-order valence-corrected chi connectivity index (χ4v) is 1.90. The molecule has 0 fully saturated rings. The second-order valence-electron chi connectivity index (χ2n) is 5.94. The summed E-state index contributed by atoms with van der Waals surface area (Å²) >= 11 is 0. The molecule has 0 unspecified atom stereocenters. The number of nitrogens with one attached hydrogen (secondary N) is 1. The van der Waals surface area contributed by atoms with E-state index in [9.17, 15) is 79.0 Å². The minimum absolute atomic E-state index is 0.297. The van der Waals surface area contributed by atoms with Gasteiger partial charge in [-0.15, -0.1) is 0 Å². The third-order valence-electron chi connectivity index (χ3n) is 3.54. The van der Waals surface area contributed by atoms with Crippen LogP contribution in [-0.4, -0.2) is 24.4 Å². The van der Waals surface area contributed by atoms with Gasteiger partial charge in [0.05, 0.1) is 5.56 Å². The molecule has 0 atom stereocenters. The predicted molar refractivity (Wildman–Crippen MR) is 76.7 cm³/mol. The molecule has 2 aromatic rings. The quantitative estimate of drug-likeness (QED) is 0.182. The number of rotatable bonds is 3. The first-order chi connectivity index (χ1) is 15.5. The molecule has 0 saturated heterocycles. The molecule has 0 saturated carbocycles. The smallest absolute Gasteiger partial charge is 0.204 e. The fourth-order valence-electron chi connectivity index (χ4n) is 1.90. The summed E-state index contributed by atoms with van der Waals surface area (Å²) in [6.45, 7) is 0. The van der Waals surface area contributed by atoms with Crippen LogP contribution in [-0.2, 0) is 0 Å². The summed E-state index contributed by atoms with van der Waals surface area (Å²) in [6, 6.07) is -12.0. The van der Waals surface area contributed by atoms with Gasteiger partial charge in [0, 0.05) is 5.56 Å². The van der Waals surface area contributed by atoms with Crippen molar-refractivity contribution in [3.05, 3.63) is 58.7 Å². The summed E-state index contributed by atoms with van der Waals surface area (Å²) in [5.41, 5.74) is -2.95. The highest BCUT2D eigenvalue weighted by Gasteiger charge is 2.68. The van der Waals surface area contributed by atoms with Crippen LogP contribution in [0.5, 0.6) is 0 Å². The second kappa shape index (κ2) is 9.65. The monoisotopic (exact) mass is 551 g/mol. The first kappa shape index (κ1) is 30.2. The third kappa shape index (κ3) is 6.04. The van der Waals surface area contributed by atoms with Crippen LogP contribution in [0.25, 0.3) is 11.1 Å². The highest BCUT2D eigenvalue weighted by atomic mass is 19.4. The molecule has 0 amide bonds. The predicted octanol–water partition coefficient (Wildman–Crippen LogP) is 7.35. The Hall–Kier alpha value is -2.86. The van der Waals surface area contributed by atoms with Crippen molar-refractivity contribution < 1.29 is 79.0 Å². The Labute approximate surface area is 179 Å². The van der Waals surface area contributed by atoms with E-state index in [0.29, 0.717) is 12.1 Å². The molecule has 19 heteroatoms. The van der Waals surface area contributed by atoms with Crippen molar-refractivity contribution in [1.29, 1.82) is 0 Å². The Kier molecular flexibility index (Phi) is 8.32. The minimum atomic E-state index is -6.55. The lowest BCUT2D eigenvalue weighted by atomic mass is 10.0. The standard InChI is InChI=1S/C12H2F8.C4HF10N/c13-4-2-1-3(6(14)7(4)15)5-8(16)10(18)12(20)11(19)9(5)17;5-1(6,7)3(11,12)15-4(13,14)2(8,9)10/h1-2H;15H. The van der Waals surface area contributed by atoms with E-state index in [1.807, 2.05) is 0 Å². The van der Waals surface area contributed by atoms with Gasteiger partial charge in [-0.25, -0.2) is 35.1 Å². The lowest BCUT2D eigenvalue weighted by molar-refractivity contribution is -0.362. The summed E-state index contributed by atoms with van der Waals surface area (Å²) in [4.78, 5) is 0. The van der Waals surface area contributed by atoms with E-state index in [1.54, 1.807) is 0 Å². The molecule has 0 aromatic heterocycles. The minimum Gasteiger partial charge on any atom is -0.204 e. The van der Waals surface area contributed by atoms with Gasteiger partial charge in [0.15, 0.2) is 40.7 Å². The number of alkyl halides is 10. The summed E-state index contributed by atoms with van der Waals surface area (Å²) < 4.78 is 219. The second-order valence-corrected chi connectivity index (χ2v) is 5.94. The van der Waals surface area contributed by atoms with E-state index < -0.39 is 87.4 Å². The van der Waals surface area contributed by atoms with Crippen molar-refractivity contribution in [2.24, 2.45) is 0 Å². The van der Waals surface area contributed by atoms with Crippen LogP contribution in [0.2, 0.25) is 0 Å².